The number of benzene rings is 1. The number of nitrogens with zero attached hydrogens (tertiary/aromatic N) is 2. The summed E-state index contributed by atoms with van der Waals surface area (Å²) in [5.41, 5.74) is 0.650. The lowest BCUT2D eigenvalue weighted by molar-refractivity contribution is -0.141. The van der Waals surface area contributed by atoms with Gasteiger partial charge in [-0.3, -0.25) is 9.48 Å². The summed E-state index contributed by atoms with van der Waals surface area (Å²) in [4.78, 5) is 11.7. The molecule has 0 radical (unpaired) electrons. The minimum Gasteiger partial charge on any atom is -0.469 e. The van der Waals surface area contributed by atoms with Crippen LogP contribution in [0, 0.1) is 0 Å². The third-order valence-corrected chi connectivity index (χ3v) is 5.06. The van der Waals surface area contributed by atoms with Gasteiger partial charge >= 0.3 is 5.97 Å². The maximum atomic E-state index is 12.5. The number of esters is 1. The summed E-state index contributed by atoms with van der Waals surface area (Å²) in [6.45, 7) is 0. The van der Waals surface area contributed by atoms with Gasteiger partial charge in [-0.05, 0) is 17.7 Å². The van der Waals surface area contributed by atoms with E-state index in [1.54, 1.807) is 25.2 Å². The summed E-state index contributed by atoms with van der Waals surface area (Å²) < 4.78 is 34.3. The summed E-state index contributed by atoms with van der Waals surface area (Å²) in [6.07, 6.45) is 2.52. The average Bonchev–Trinajstić information content (AvgIpc) is 2.93. The first-order valence-electron chi connectivity index (χ1n) is 6.65. The van der Waals surface area contributed by atoms with Gasteiger partial charge in [0.1, 0.15) is 4.90 Å². The summed E-state index contributed by atoms with van der Waals surface area (Å²) in [6, 6.07) is 6.32. The molecule has 0 aliphatic heterocycles. The minimum atomic E-state index is -3.81. The Morgan fingerprint density at radius 3 is 2.78 bits per heavy atom. The van der Waals surface area contributed by atoms with Gasteiger partial charge < -0.3 is 4.74 Å². The smallest absolute Gasteiger partial charge is 0.307 e. The van der Waals surface area contributed by atoms with Crippen LogP contribution >= 0.6 is 15.9 Å². The van der Waals surface area contributed by atoms with Crippen LogP contribution in [0.3, 0.4) is 0 Å². The number of halogens is 1. The van der Waals surface area contributed by atoms with E-state index in [0.717, 1.165) is 4.47 Å². The maximum absolute atomic E-state index is 12.5. The number of ether oxygens (including phenoxy) is 1. The van der Waals surface area contributed by atoms with Crippen LogP contribution in [0.4, 0.5) is 0 Å². The largest absolute Gasteiger partial charge is 0.469 e. The predicted molar refractivity (Wildman–Crippen MR) is 87.0 cm³/mol. The van der Waals surface area contributed by atoms with Crippen LogP contribution in [0.1, 0.15) is 18.0 Å². The number of carbonyl (C=O) groups excluding carboxylic acids is 1. The Labute approximate surface area is 142 Å². The molecule has 0 saturated carbocycles. The zero-order chi connectivity index (χ0) is 17.0. The Balaban J connectivity index is 2.32. The number of nitrogens with one attached hydrogen (secondary N) is 1. The highest BCUT2D eigenvalue weighted by atomic mass is 79.9. The van der Waals surface area contributed by atoms with E-state index < -0.39 is 22.0 Å². The Hall–Kier alpha value is -1.71. The van der Waals surface area contributed by atoms with Crippen molar-refractivity contribution in [2.75, 3.05) is 7.11 Å². The monoisotopic (exact) mass is 401 g/mol. The lowest BCUT2D eigenvalue weighted by atomic mass is 10.1. The zero-order valence-corrected chi connectivity index (χ0v) is 15.0. The van der Waals surface area contributed by atoms with E-state index in [0.29, 0.717) is 5.56 Å². The quantitative estimate of drug-likeness (QED) is 0.744. The highest BCUT2D eigenvalue weighted by Crippen LogP contribution is 2.23. The van der Waals surface area contributed by atoms with E-state index in [1.807, 2.05) is 6.07 Å². The first-order valence-corrected chi connectivity index (χ1v) is 8.92. The molecule has 0 amide bonds. The zero-order valence-electron chi connectivity index (χ0n) is 12.6. The van der Waals surface area contributed by atoms with Gasteiger partial charge in [0.15, 0.2) is 0 Å². The number of carbonyl (C=O) groups is 1. The van der Waals surface area contributed by atoms with Crippen LogP contribution in [0.15, 0.2) is 46.0 Å². The standard InChI is InChI=1S/C14H16BrN3O4S/c1-18-9-12(8-16-18)23(20,21)17-13(7-14(19)22-2)10-4-3-5-11(15)6-10/h3-6,8-9,13,17H,7H2,1-2H3. The van der Waals surface area contributed by atoms with E-state index in [-0.39, 0.29) is 11.3 Å². The molecule has 23 heavy (non-hydrogen) atoms. The Bertz CT molecular complexity index is 804. The number of sulfonamides is 1. The molecule has 1 aromatic carbocycles. The van der Waals surface area contributed by atoms with Crippen LogP contribution in [-0.2, 0) is 26.6 Å². The van der Waals surface area contributed by atoms with Crippen molar-refractivity contribution in [2.24, 2.45) is 7.05 Å². The van der Waals surface area contributed by atoms with Crippen molar-refractivity contribution in [1.82, 2.24) is 14.5 Å². The van der Waals surface area contributed by atoms with Crippen LogP contribution in [0.5, 0.6) is 0 Å². The SMILES string of the molecule is COC(=O)CC(NS(=O)(=O)c1cnn(C)c1)c1cccc(Br)c1. The molecule has 1 atom stereocenters. The normalized spacial score (nSPS) is 12.8. The molecule has 0 spiro atoms. The second-order valence-corrected chi connectivity index (χ2v) is 7.49. The Morgan fingerprint density at radius 1 is 1.48 bits per heavy atom. The van der Waals surface area contributed by atoms with E-state index >= 15 is 0 Å². The summed E-state index contributed by atoms with van der Waals surface area (Å²) in [7, 11) is -0.926. The second kappa shape index (κ2) is 7.24. The van der Waals surface area contributed by atoms with Gasteiger partial charge in [0.25, 0.3) is 0 Å². The van der Waals surface area contributed by atoms with Gasteiger partial charge in [-0.25, -0.2) is 13.1 Å². The first-order chi connectivity index (χ1) is 10.8. The maximum Gasteiger partial charge on any atom is 0.307 e. The number of aryl methyl sites for hydroxylation is 1. The molecule has 7 nitrogen and oxygen atoms in total. The van der Waals surface area contributed by atoms with E-state index in [2.05, 4.69) is 30.5 Å². The number of hydrogen-bond acceptors (Lipinski definition) is 5. The molecule has 124 valence electrons. The highest BCUT2D eigenvalue weighted by molar-refractivity contribution is 9.10. The number of methoxy groups -OCH3 is 1. The number of hydrogen-bond donors (Lipinski definition) is 1. The Kier molecular flexibility index (Phi) is 5.55. The van der Waals surface area contributed by atoms with Gasteiger partial charge in [-0.2, -0.15) is 5.10 Å². The Morgan fingerprint density at radius 2 is 2.22 bits per heavy atom. The van der Waals surface area contributed by atoms with Crippen LogP contribution in [-0.4, -0.2) is 31.3 Å². The average molecular weight is 402 g/mol. The molecule has 2 aromatic rings. The lowest BCUT2D eigenvalue weighted by Gasteiger charge is -2.18. The van der Waals surface area contributed by atoms with Crippen molar-refractivity contribution < 1.29 is 17.9 Å². The molecule has 0 bridgehead atoms. The molecule has 1 unspecified atom stereocenters. The summed E-state index contributed by atoms with van der Waals surface area (Å²) in [5.74, 6) is -0.510. The molecule has 0 aliphatic rings. The third-order valence-electron chi connectivity index (χ3n) is 3.14. The number of rotatable bonds is 6. The third kappa shape index (κ3) is 4.63. The molecule has 0 saturated heterocycles. The van der Waals surface area contributed by atoms with Crippen LogP contribution in [0.2, 0.25) is 0 Å². The van der Waals surface area contributed by atoms with Crippen molar-refractivity contribution >= 4 is 31.9 Å². The van der Waals surface area contributed by atoms with Gasteiger partial charge in [-0.15, -0.1) is 0 Å². The highest BCUT2D eigenvalue weighted by Gasteiger charge is 2.25. The molecule has 1 aromatic heterocycles. The first kappa shape index (κ1) is 17.6. The van der Waals surface area contributed by atoms with Gasteiger partial charge in [0.05, 0.1) is 25.8 Å². The minimum absolute atomic E-state index is 0.0323. The molecule has 1 N–H and O–H groups in total. The van der Waals surface area contributed by atoms with E-state index in [1.165, 1.54) is 24.2 Å². The van der Waals surface area contributed by atoms with Gasteiger partial charge in [0, 0.05) is 17.7 Å². The number of aromatic nitrogens is 2. The molecule has 1 heterocycles. The van der Waals surface area contributed by atoms with Crippen molar-refractivity contribution in [3.05, 3.63) is 46.7 Å². The summed E-state index contributed by atoms with van der Waals surface area (Å²) in [5, 5.41) is 3.85. The van der Waals surface area contributed by atoms with Crippen molar-refractivity contribution in [1.29, 1.82) is 0 Å². The second-order valence-electron chi connectivity index (χ2n) is 4.86. The van der Waals surface area contributed by atoms with Gasteiger partial charge in [0.2, 0.25) is 10.0 Å². The van der Waals surface area contributed by atoms with E-state index in [9.17, 15) is 13.2 Å². The molecule has 9 heteroatoms. The van der Waals surface area contributed by atoms with Crippen molar-refractivity contribution in [2.45, 2.75) is 17.4 Å². The van der Waals surface area contributed by atoms with Crippen molar-refractivity contribution in [3.8, 4) is 0 Å². The molecule has 0 aliphatic carbocycles. The molecular weight excluding hydrogens is 386 g/mol. The van der Waals surface area contributed by atoms with Gasteiger partial charge in [-0.1, -0.05) is 28.1 Å². The fraction of sp³-hybridized carbons (Fsp3) is 0.286. The topological polar surface area (TPSA) is 90.3 Å². The molecule has 2 rings (SSSR count). The molecule has 0 fully saturated rings. The fourth-order valence-corrected chi connectivity index (χ4v) is 3.62. The van der Waals surface area contributed by atoms with E-state index in [4.69, 9.17) is 0 Å². The fourth-order valence-electron chi connectivity index (χ4n) is 1.99. The molecular formula is C14H16BrN3O4S. The van der Waals surface area contributed by atoms with Crippen LogP contribution in [0.25, 0.3) is 0 Å². The van der Waals surface area contributed by atoms with Crippen molar-refractivity contribution in [3.63, 3.8) is 0 Å². The predicted octanol–water partition coefficient (Wildman–Crippen LogP) is 1.77. The summed E-state index contributed by atoms with van der Waals surface area (Å²) >= 11 is 3.33. The van der Waals surface area contributed by atoms with Crippen LogP contribution < -0.4 is 4.72 Å². The lowest BCUT2D eigenvalue weighted by Crippen LogP contribution is -2.30.